The topological polar surface area (TPSA) is 127 Å². The van der Waals surface area contributed by atoms with Crippen LogP contribution in [0.5, 0.6) is 0 Å². The van der Waals surface area contributed by atoms with E-state index < -0.39 is 17.8 Å². The van der Waals surface area contributed by atoms with Gasteiger partial charge in [0.1, 0.15) is 11.3 Å². The van der Waals surface area contributed by atoms with Gasteiger partial charge >= 0.3 is 5.97 Å². The zero-order chi connectivity index (χ0) is 23.5. The van der Waals surface area contributed by atoms with E-state index >= 15 is 0 Å². The second kappa shape index (κ2) is 9.09. The lowest BCUT2D eigenvalue weighted by atomic mass is 10.0. The van der Waals surface area contributed by atoms with Crippen LogP contribution in [0.15, 0.2) is 83.3 Å². The molecule has 0 saturated carbocycles. The Hall–Kier alpha value is -4.24. The van der Waals surface area contributed by atoms with Crippen molar-refractivity contribution in [2.75, 3.05) is 5.32 Å². The van der Waals surface area contributed by atoms with E-state index in [4.69, 9.17) is 5.73 Å². The summed E-state index contributed by atoms with van der Waals surface area (Å²) in [7, 11) is 0. The molecule has 0 atom stereocenters. The van der Waals surface area contributed by atoms with Crippen molar-refractivity contribution in [3.63, 3.8) is 0 Å². The number of carboxylic acid groups (broad SMARTS) is 1. The Morgan fingerprint density at radius 3 is 2.24 bits per heavy atom. The standard InChI is InChI=1S/C24H17BrN4O4/c25-17-11-9-14(10-12-17)23(31)27-22-19(24(32)33)20(15-5-4-6-16(13-15)21(26)30)28-29(22)18-7-2-1-3-8-18/h1-13H,(H2,26,30)(H,27,31)(H,32,33). The second-order valence-electron chi connectivity index (χ2n) is 7.03. The van der Waals surface area contributed by atoms with E-state index in [1.54, 1.807) is 60.7 Å². The predicted octanol–water partition coefficient (Wildman–Crippen LogP) is 4.35. The van der Waals surface area contributed by atoms with Crippen molar-refractivity contribution >= 4 is 39.5 Å². The van der Waals surface area contributed by atoms with Crippen molar-refractivity contribution in [3.05, 3.63) is 100 Å². The van der Waals surface area contributed by atoms with Crippen LogP contribution in [0.1, 0.15) is 31.1 Å². The number of amides is 2. The predicted molar refractivity (Wildman–Crippen MR) is 127 cm³/mol. The van der Waals surface area contributed by atoms with Crippen LogP contribution in [0.25, 0.3) is 16.9 Å². The van der Waals surface area contributed by atoms with Gasteiger partial charge in [0.2, 0.25) is 5.91 Å². The number of carboxylic acids is 1. The summed E-state index contributed by atoms with van der Waals surface area (Å²) in [5.41, 5.74) is 6.72. The Bertz CT molecular complexity index is 1370. The lowest BCUT2D eigenvalue weighted by Gasteiger charge is -2.10. The van der Waals surface area contributed by atoms with E-state index in [0.717, 1.165) is 4.47 Å². The lowest BCUT2D eigenvalue weighted by Crippen LogP contribution is -2.17. The summed E-state index contributed by atoms with van der Waals surface area (Å²) in [5.74, 6) is -2.46. The fraction of sp³-hybridized carbons (Fsp3) is 0. The number of anilines is 1. The van der Waals surface area contributed by atoms with Crippen molar-refractivity contribution in [1.82, 2.24) is 9.78 Å². The number of nitrogens with two attached hydrogens (primary N) is 1. The van der Waals surface area contributed by atoms with Crippen LogP contribution in [0.2, 0.25) is 0 Å². The van der Waals surface area contributed by atoms with E-state index in [2.05, 4.69) is 26.3 Å². The van der Waals surface area contributed by atoms with E-state index in [1.165, 1.54) is 16.8 Å². The molecule has 4 rings (SSSR count). The van der Waals surface area contributed by atoms with Gasteiger partial charge in [-0.25, -0.2) is 9.48 Å². The number of aromatic carboxylic acids is 1. The number of hydrogen-bond donors (Lipinski definition) is 3. The monoisotopic (exact) mass is 504 g/mol. The zero-order valence-electron chi connectivity index (χ0n) is 17.0. The smallest absolute Gasteiger partial charge is 0.341 e. The first-order chi connectivity index (χ1) is 15.8. The third-order valence-corrected chi connectivity index (χ3v) is 5.39. The Kier molecular flexibility index (Phi) is 6.05. The maximum absolute atomic E-state index is 13.0. The van der Waals surface area contributed by atoms with Gasteiger partial charge in [0, 0.05) is 21.2 Å². The molecule has 9 heteroatoms. The van der Waals surface area contributed by atoms with Gasteiger partial charge in [0.05, 0.1) is 5.69 Å². The molecule has 0 bridgehead atoms. The maximum Gasteiger partial charge on any atom is 0.341 e. The molecule has 3 aromatic carbocycles. The van der Waals surface area contributed by atoms with Crippen molar-refractivity contribution in [3.8, 4) is 16.9 Å². The minimum Gasteiger partial charge on any atom is -0.477 e. The molecule has 8 nitrogen and oxygen atoms in total. The normalized spacial score (nSPS) is 10.6. The van der Waals surface area contributed by atoms with Gasteiger partial charge in [-0.2, -0.15) is 5.10 Å². The molecule has 0 unspecified atom stereocenters. The highest BCUT2D eigenvalue weighted by molar-refractivity contribution is 9.10. The quantitative estimate of drug-likeness (QED) is 0.359. The summed E-state index contributed by atoms with van der Waals surface area (Å²) >= 11 is 3.32. The van der Waals surface area contributed by atoms with E-state index in [-0.39, 0.29) is 22.6 Å². The van der Waals surface area contributed by atoms with Gasteiger partial charge in [0.15, 0.2) is 5.82 Å². The molecule has 0 aliphatic carbocycles. The summed E-state index contributed by atoms with van der Waals surface area (Å²) in [6, 6.07) is 21.7. The van der Waals surface area contributed by atoms with Gasteiger partial charge in [-0.3, -0.25) is 9.59 Å². The minimum atomic E-state index is -1.29. The van der Waals surface area contributed by atoms with E-state index in [1.807, 2.05) is 6.07 Å². The summed E-state index contributed by atoms with van der Waals surface area (Å²) < 4.78 is 2.16. The highest BCUT2D eigenvalue weighted by Gasteiger charge is 2.27. The molecular formula is C24H17BrN4O4. The van der Waals surface area contributed by atoms with Gasteiger partial charge in [-0.1, -0.05) is 46.3 Å². The number of halogens is 1. The highest BCUT2D eigenvalue weighted by Crippen LogP contribution is 2.32. The highest BCUT2D eigenvalue weighted by atomic mass is 79.9. The first-order valence-corrected chi connectivity index (χ1v) is 10.5. The van der Waals surface area contributed by atoms with E-state index in [9.17, 15) is 19.5 Å². The van der Waals surface area contributed by atoms with Crippen LogP contribution in [0.3, 0.4) is 0 Å². The SMILES string of the molecule is NC(=O)c1cccc(-c2nn(-c3ccccc3)c(NC(=O)c3ccc(Br)cc3)c2C(=O)O)c1. The summed E-state index contributed by atoms with van der Waals surface area (Å²) in [5, 5.41) is 17.3. The largest absolute Gasteiger partial charge is 0.477 e. The Labute approximate surface area is 196 Å². The number of hydrogen-bond acceptors (Lipinski definition) is 4. The molecule has 4 aromatic rings. The molecular weight excluding hydrogens is 488 g/mol. The summed E-state index contributed by atoms with van der Waals surface area (Å²) in [6.07, 6.45) is 0. The maximum atomic E-state index is 13.0. The van der Waals surface area contributed by atoms with Crippen LogP contribution in [0.4, 0.5) is 5.82 Å². The number of aromatic nitrogens is 2. The van der Waals surface area contributed by atoms with Crippen LogP contribution in [-0.4, -0.2) is 32.7 Å². The first kappa shape index (κ1) is 22.0. The average molecular weight is 505 g/mol. The number of rotatable bonds is 6. The number of carbonyl (C=O) groups excluding carboxylic acids is 2. The van der Waals surface area contributed by atoms with Crippen LogP contribution >= 0.6 is 15.9 Å². The van der Waals surface area contributed by atoms with Gasteiger partial charge in [-0.15, -0.1) is 0 Å². The van der Waals surface area contributed by atoms with Crippen LogP contribution in [0, 0.1) is 0 Å². The van der Waals surface area contributed by atoms with Gasteiger partial charge in [0.25, 0.3) is 5.91 Å². The van der Waals surface area contributed by atoms with Crippen molar-refractivity contribution < 1.29 is 19.5 Å². The molecule has 1 heterocycles. The Balaban J connectivity index is 1.90. The number of carbonyl (C=O) groups is 3. The average Bonchev–Trinajstić information content (AvgIpc) is 3.19. The molecule has 4 N–H and O–H groups in total. The number of benzene rings is 3. The lowest BCUT2D eigenvalue weighted by molar-refractivity contribution is 0.0698. The van der Waals surface area contributed by atoms with Crippen molar-refractivity contribution in [2.24, 2.45) is 5.73 Å². The molecule has 2 amide bonds. The summed E-state index contributed by atoms with van der Waals surface area (Å²) in [6.45, 7) is 0. The third-order valence-electron chi connectivity index (χ3n) is 4.86. The van der Waals surface area contributed by atoms with Crippen LogP contribution < -0.4 is 11.1 Å². The number of primary amides is 1. The van der Waals surface area contributed by atoms with Crippen molar-refractivity contribution in [1.29, 1.82) is 0 Å². The molecule has 33 heavy (non-hydrogen) atoms. The first-order valence-electron chi connectivity index (χ1n) is 9.74. The number of nitrogens with zero attached hydrogens (tertiary/aromatic N) is 2. The fourth-order valence-electron chi connectivity index (χ4n) is 3.29. The Morgan fingerprint density at radius 1 is 0.909 bits per heavy atom. The zero-order valence-corrected chi connectivity index (χ0v) is 18.6. The van der Waals surface area contributed by atoms with E-state index in [0.29, 0.717) is 16.8 Å². The number of para-hydroxylation sites is 1. The van der Waals surface area contributed by atoms with Crippen LogP contribution in [-0.2, 0) is 0 Å². The molecule has 0 aliphatic heterocycles. The molecule has 0 aliphatic rings. The Morgan fingerprint density at radius 2 is 1.61 bits per heavy atom. The molecule has 164 valence electrons. The second-order valence-corrected chi connectivity index (χ2v) is 7.95. The minimum absolute atomic E-state index is 0.0129. The van der Waals surface area contributed by atoms with Gasteiger partial charge in [-0.05, 0) is 48.5 Å². The molecule has 0 saturated heterocycles. The van der Waals surface area contributed by atoms with Crippen molar-refractivity contribution in [2.45, 2.75) is 0 Å². The number of nitrogens with one attached hydrogen (secondary N) is 1. The van der Waals surface area contributed by atoms with Gasteiger partial charge < -0.3 is 16.2 Å². The fourth-order valence-corrected chi connectivity index (χ4v) is 3.56. The molecule has 0 spiro atoms. The summed E-state index contributed by atoms with van der Waals surface area (Å²) in [4.78, 5) is 36.9. The molecule has 1 aromatic heterocycles. The third kappa shape index (κ3) is 4.53. The molecule has 0 radical (unpaired) electrons. The molecule has 0 fully saturated rings.